The first kappa shape index (κ1) is 13.3. The summed E-state index contributed by atoms with van der Waals surface area (Å²) < 4.78 is 9.19. The van der Waals surface area contributed by atoms with Crippen molar-refractivity contribution in [1.29, 1.82) is 0 Å². The maximum atomic E-state index is 10.8. The Balaban J connectivity index is 2.71. The van der Waals surface area contributed by atoms with Crippen LogP contribution in [0, 0.1) is 13.8 Å². The molecule has 0 N–H and O–H groups in total. The van der Waals surface area contributed by atoms with Crippen molar-refractivity contribution in [3.05, 3.63) is 41.0 Å². The van der Waals surface area contributed by atoms with E-state index in [1.807, 2.05) is 13.0 Å². The van der Waals surface area contributed by atoms with Crippen molar-refractivity contribution < 1.29 is 14.3 Å². The zero-order chi connectivity index (χ0) is 12.8. The lowest BCUT2D eigenvalue weighted by molar-refractivity contribution is 0.0819. The van der Waals surface area contributed by atoms with Gasteiger partial charge in [-0.2, -0.15) is 0 Å². The van der Waals surface area contributed by atoms with Gasteiger partial charge in [0.05, 0.1) is 7.11 Å². The maximum Gasteiger partial charge on any atom is 0.508 e. The topological polar surface area (TPSA) is 35.5 Å². The molecule has 3 heteroatoms. The molecule has 0 saturated heterocycles. The first-order chi connectivity index (χ1) is 8.02. The second-order valence-electron chi connectivity index (χ2n) is 4.03. The molecule has 17 heavy (non-hydrogen) atoms. The van der Waals surface area contributed by atoms with Gasteiger partial charge in [-0.05, 0) is 38.0 Å². The molecule has 1 aromatic carbocycles. The van der Waals surface area contributed by atoms with E-state index in [0.717, 1.165) is 11.1 Å². The van der Waals surface area contributed by atoms with E-state index in [4.69, 9.17) is 4.74 Å². The molecular weight excluding hydrogens is 216 g/mol. The van der Waals surface area contributed by atoms with Crippen LogP contribution >= 0.6 is 0 Å². The van der Waals surface area contributed by atoms with Crippen LogP contribution in [0.2, 0.25) is 0 Å². The third kappa shape index (κ3) is 4.31. The summed E-state index contributed by atoms with van der Waals surface area (Å²) in [5, 5.41) is 0. The lowest BCUT2D eigenvalue weighted by Gasteiger charge is -2.06. The van der Waals surface area contributed by atoms with Gasteiger partial charge in [-0.1, -0.05) is 29.3 Å². The maximum absolute atomic E-state index is 10.8. The van der Waals surface area contributed by atoms with Crippen molar-refractivity contribution in [3.63, 3.8) is 0 Å². The van der Waals surface area contributed by atoms with Gasteiger partial charge in [-0.3, -0.25) is 0 Å². The Morgan fingerprint density at radius 3 is 2.35 bits per heavy atom. The van der Waals surface area contributed by atoms with Crippen LogP contribution in [-0.2, 0) is 9.47 Å². The molecule has 0 unspecified atom stereocenters. The van der Waals surface area contributed by atoms with Gasteiger partial charge in [0.2, 0.25) is 0 Å². The summed E-state index contributed by atoms with van der Waals surface area (Å²) in [6.07, 6.45) is 1.21. The molecule has 0 aromatic heterocycles. The number of carbonyl (C=O) groups is 1. The Morgan fingerprint density at radius 2 is 1.82 bits per heavy atom. The van der Waals surface area contributed by atoms with Crippen LogP contribution < -0.4 is 0 Å². The SMILES string of the molecule is COC(=O)OCC=C(C)c1cc(C)cc(C)c1. The predicted octanol–water partition coefficient (Wildman–Crippen LogP) is 3.49. The first-order valence-electron chi connectivity index (χ1n) is 5.49. The number of hydrogen-bond donors (Lipinski definition) is 0. The summed E-state index contributed by atoms with van der Waals surface area (Å²) >= 11 is 0. The molecule has 0 heterocycles. The molecule has 0 spiro atoms. The van der Waals surface area contributed by atoms with Crippen LogP contribution in [0.4, 0.5) is 4.79 Å². The molecule has 1 rings (SSSR count). The molecule has 0 fully saturated rings. The van der Waals surface area contributed by atoms with Gasteiger partial charge < -0.3 is 9.47 Å². The molecule has 0 aliphatic rings. The van der Waals surface area contributed by atoms with Crippen molar-refractivity contribution in [2.24, 2.45) is 0 Å². The zero-order valence-corrected chi connectivity index (χ0v) is 10.7. The summed E-state index contributed by atoms with van der Waals surface area (Å²) in [6, 6.07) is 6.34. The Morgan fingerprint density at radius 1 is 1.24 bits per heavy atom. The second-order valence-corrected chi connectivity index (χ2v) is 4.03. The van der Waals surface area contributed by atoms with Gasteiger partial charge in [-0.25, -0.2) is 4.79 Å². The van der Waals surface area contributed by atoms with E-state index in [0.29, 0.717) is 0 Å². The normalized spacial score (nSPS) is 11.2. The summed E-state index contributed by atoms with van der Waals surface area (Å²) in [7, 11) is 1.29. The number of rotatable bonds is 3. The van der Waals surface area contributed by atoms with Gasteiger partial charge >= 0.3 is 6.16 Å². The highest BCUT2D eigenvalue weighted by atomic mass is 16.7. The van der Waals surface area contributed by atoms with Gasteiger partial charge in [0.25, 0.3) is 0 Å². The van der Waals surface area contributed by atoms with Gasteiger partial charge in [-0.15, -0.1) is 0 Å². The number of hydrogen-bond acceptors (Lipinski definition) is 3. The van der Waals surface area contributed by atoms with Crippen LogP contribution in [0.5, 0.6) is 0 Å². The summed E-state index contributed by atoms with van der Waals surface area (Å²) in [5.41, 5.74) is 4.68. The van der Waals surface area contributed by atoms with Crippen molar-refractivity contribution in [2.75, 3.05) is 13.7 Å². The fraction of sp³-hybridized carbons (Fsp3) is 0.357. The molecule has 0 atom stereocenters. The molecule has 3 nitrogen and oxygen atoms in total. The molecular formula is C14H18O3. The Hall–Kier alpha value is -1.77. The van der Waals surface area contributed by atoms with E-state index in [-0.39, 0.29) is 6.61 Å². The number of benzene rings is 1. The fourth-order valence-electron chi connectivity index (χ4n) is 1.61. The molecule has 0 aliphatic carbocycles. The van der Waals surface area contributed by atoms with Crippen molar-refractivity contribution in [1.82, 2.24) is 0 Å². The van der Waals surface area contributed by atoms with Crippen molar-refractivity contribution >= 4 is 11.7 Å². The largest absolute Gasteiger partial charge is 0.508 e. The number of ether oxygens (including phenoxy) is 2. The van der Waals surface area contributed by atoms with E-state index < -0.39 is 6.16 Å². The number of methoxy groups -OCH3 is 1. The van der Waals surface area contributed by atoms with E-state index >= 15 is 0 Å². The van der Waals surface area contributed by atoms with Crippen LogP contribution in [0.1, 0.15) is 23.6 Å². The molecule has 0 saturated carbocycles. The summed E-state index contributed by atoms with van der Waals surface area (Å²) in [6.45, 7) is 6.35. The molecule has 0 amide bonds. The number of carbonyl (C=O) groups excluding carboxylic acids is 1. The smallest absolute Gasteiger partial charge is 0.438 e. The van der Waals surface area contributed by atoms with E-state index in [9.17, 15) is 4.79 Å². The van der Waals surface area contributed by atoms with Crippen LogP contribution in [0.15, 0.2) is 24.3 Å². The minimum absolute atomic E-state index is 0.228. The molecule has 0 bridgehead atoms. The van der Waals surface area contributed by atoms with Crippen LogP contribution in [0.25, 0.3) is 5.57 Å². The minimum Gasteiger partial charge on any atom is -0.438 e. The minimum atomic E-state index is -0.658. The number of allylic oxidation sites excluding steroid dienone is 1. The summed E-state index contributed by atoms with van der Waals surface area (Å²) in [5.74, 6) is 0. The second kappa shape index (κ2) is 6.09. The van der Waals surface area contributed by atoms with Gasteiger partial charge in [0.15, 0.2) is 0 Å². The van der Waals surface area contributed by atoms with Gasteiger partial charge in [0, 0.05) is 0 Å². The average molecular weight is 234 g/mol. The Kier molecular flexibility index (Phi) is 4.76. The van der Waals surface area contributed by atoms with E-state index in [1.165, 1.54) is 18.2 Å². The lowest BCUT2D eigenvalue weighted by atomic mass is 10.0. The van der Waals surface area contributed by atoms with Crippen LogP contribution in [0.3, 0.4) is 0 Å². The van der Waals surface area contributed by atoms with E-state index in [1.54, 1.807) is 0 Å². The highest BCUT2D eigenvalue weighted by Gasteiger charge is 2.00. The molecule has 92 valence electrons. The highest BCUT2D eigenvalue weighted by molar-refractivity contribution is 5.65. The monoisotopic (exact) mass is 234 g/mol. The molecule has 1 aromatic rings. The summed E-state index contributed by atoms with van der Waals surface area (Å²) in [4.78, 5) is 10.8. The van der Waals surface area contributed by atoms with Crippen LogP contribution in [-0.4, -0.2) is 19.9 Å². The Labute approximate surface area is 102 Å². The average Bonchev–Trinajstić information content (AvgIpc) is 2.27. The van der Waals surface area contributed by atoms with Crippen molar-refractivity contribution in [3.8, 4) is 0 Å². The Bertz CT molecular complexity index is 413. The fourth-order valence-corrected chi connectivity index (χ4v) is 1.61. The third-order valence-corrected chi connectivity index (χ3v) is 2.43. The predicted molar refractivity (Wildman–Crippen MR) is 67.9 cm³/mol. The lowest BCUT2D eigenvalue weighted by Crippen LogP contribution is -2.03. The van der Waals surface area contributed by atoms with E-state index in [2.05, 4.69) is 36.8 Å². The van der Waals surface area contributed by atoms with Crippen molar-refractivity contribution in [2.45, 2.75) is 20.8 Å². The molecule has 0 radical (unpaired) electrons. The first-order valence-corrected chi connectivity index (χ1v) is 5.49. The zero-order valence-electron chi connectivity index (χ0n) is 10.7. The quantitative estimate of drug-likeness (QED) is 0.751. The van der Waals surface area contributed by atoms with Gasteiger partial charge in [0.1, 0.15) is 6.61 Å². The molecule has 0 aliphatic heterocycles. The number of aryl methyl sites for hydroxylation is 2. The highest BCUT2D eigenvalue weighted by Crippen LogP contribution is 2.17. The standard InChI is InChI=1S/C14H18O3/c1-10-7-11(2)9-13(8-10)12(3)5-6-17-14(15)16-4/h5,7-9H,6H2,1-4H3. The third-order valence-electron chi connectivity index (χ3n) is 2.43.